The lowest BCUT2D eigenvalue weighted by atomic mass is 9.94. The molecule has 0 amide bonds. The van der Waals surface area contributed by atoms with Gasteiger partial charge in [0.1, 0.15) is 0 Å². The van der Waals surface area contributed by atoms with Crippen LogP contribution in [0.4, 0.5) is 0 Å². The number of nitrogens with zero attached hydrogens (tertiary/aromatic N) is 1. The van der Waals surface area contributed by atoms with E-state index < -0.39 is 0 Å². The van der Waals surface area contributed by atoms with Crippen LogP contribution < -0.4 is 5.73 Å². The zero-order chi connectivity index (χ0) is 12.5. The molecular formula is C13H28N2O2. The lowest BCUT2D eigenvalue weighted by Gasteiger charge is -2.37. The molecule has 2 atom stereocenters. The van der Waals surface area contributed by atoms with Crippen molar-refractivity contribution in [3.63, 3.8) is 0 Å². The Hall–Kier alpha value is -0.160. The van der Waals surface area contributed by atoms with Gasteiger partial charge in [0, 0.05) is 39.5 Å². The van der Waals surface area contributed by atoms with Gasteiger partial charge in [0.2, 0.25) is 0 Å². The first-order valence-electron chi connectivity index (χ1n) is 6.78. The fraction of sp³-hybridized carbons (Fsp3) is 1.00. The van der Waals surface area contributed by atoms with Gasteiger partial charge in [0.15, 0.2) is 0 Å². The Kier molecular flexibility index (Phi) is 7.77. The van der Waals surface area contributed by atoms with Crippen LogP contribution >= 0.6 is 0 Å². The summed E-state index contributed by atoms with van der Waals surface area (Å²) in [6.45, 7) is 7.70. The zero-order valence-corrected chi connectivity index (χ0v) is 11.4. The summed E-state index contributed by atoms with van der Waals surface area (Å²) in [6, 6.07) is 0.681. The number of hydrogen-bond donors (Lipinski definition) is 1. The number of methoxy groups -OCH3 is 1. The van der Waals surface area contributed by atoms with Crippen molar-refractivity contribution in [2.24, 2.45) is 11.7 Å². The minimum absolute atomic E-state index is 0.680. The second-order valence-corrected chi connectivity index (χ2v) is 4.98. The molecule has 4 heteroatoms. The number of piperidine rings is 1. The molecule has 2 unspecified atom stereocenters. The quantitative estimate of drug-likeness (QED) is 0.650. The topological polar surface area (TPSA) is 47.7 Å². The summed E-state index contributed by atoms with van der Waals surface area (Å²) >= 11 is 0. The van der Waals surface area contributed by atoms with Gasteiger partial charge in [0.05, 0.1) is 6.61 Å². The van der Waals surface area contributed by atoms with Gasteiger partial charge in [-0.2, -0.15) is 0 Å². The first-order chi connectivity index (χ1) is 8.27. The van der Waals surface area contributed by atoms with E-state index in [-0.39, 0.29) is 0 Å². The summed E-state index contributed by atoms with van der Waals surface area (Å²) < 4.78 is 10.6. The molecule has 1 heterocycles. The Morgan fingerprint density at radius 3 is 2.76 bits per heavy atom. The minimum atomic E-state index is 0.680. The number of rotatable bonds is 8. The van der Waals surface area contributed by atoms with E-state index in [1.807, 2.05) is 0 Å². The molecule has 0 aliphatic carbocycles. The van der Waals surface area contributed by atoms with Crippen LogP contribution in [-0.2, 0) is 9.47 Å². The summed E-state index contributed by atoms with van der Waals surface area (Å²) in [5.74, 6) is 0.680. The van der Waals surface area contributed by atoms with E-state index in [0.717, 1.165) is 45.9 Å². The predicted molar refractivity (Wildman–Crippen MR) is 70.1 cm³/mol. The van der Waals surface area contributed by atoms with E-state index in [1.165, 1.54) is 12.8 Å². The van der Waals surface area contributed by atoms with Gasteiger partial charge in [0.25, 0.3) is 0 Å². The molecule has 1 fully saturated rings. The average molecular weight is 244 g/mol. The monoisotopic (exact) mass is 244 g/mol. The summed E-state index contributed by atoms with van der Waals surface area (Å²) in [7, 11) is 1.72. The Morgan fingerprint density at radius 1 is 1.24 bits per heavy atom. The molecule has 0 saturated carbocycles. The highest BCUT2D eigenvalue weighted by Gasteiger charge is 2.23. The van der Waals surface area contributed by atoms with Crippen molar-refractivity contribution in [2.45, 2.75) is 32.2 Å². The van der Waals surface area contributed by atoms with Crippen LogP contribution in [0.5, 0.6) is 0 Å². The standard InChI is InChI=1S/C13H28N2O2/c1-12-4-5-13(10-14)11-15(12)6-9-17-8-3-7-16-2/h12-13H,3-11,14H2,1-2H3. The number of ether oxygens (including phenoxy) is 2. The normalized spacial score (nSPS) is 26.3. The number of hydrogen-bond acceptors (Lipinski definition) is 4. The summed E-state index contributed by atoms with van der Waals surface area (Å²) in [5, 5.41) is 0. The van der Waals surface area contributed by atoms with Gasteiger partial charge in [-0.15, -0.1) is 0 Å². The molecule has 1 saturated heterocycles. The fourth-order valence-electron chi connectivity index (χ4n) is 2.36. The minimum Gasteiger partial charge on any atom is -0.385 e. The first kappa shape index (κ1) is 14.9. The lowest BCUT2D eigenvalue weighted by Crippen LogP contribution is -2.45. The van der Waals surface area contributed by atoms with Crippen LogP contribution in [-0.4, -0.2) is 57.5 Å². The predicted octanol–water partition coefficient (Wildman–Crippen LogP) is 1.10. The second kappa shape index (κ2) is 8.86. The van der Waals surface area contributed by atoms with Gasteiger partial charge in [-0.1, -0.05) is 0 Å². The van der Waals surface area contributed by atoms with Gasteiger partial charge in [-0.05, 0) is 38.6 Å². The number of nitrogens with two attached hydrogens (primary N) is 1. The largest absolute Gasteiger partial charge is 0.385 e. The van der Waals surface area contributed by atoms with Gasteiger partial charge in [-0.3, -0.25) is 4.90 Å². The molecule has 0 bridgehead atoms. The molecule has 102 valence electrons. The van der Waals surface area contributed by atoms with E-state index in [4.69, 9.17) is 15.2 Å². The third-order valence-corrected chi connectivity index (χ3v) is 3.60. The third-order valence-electron chi connectivity index (χ3n) is 3.60. The smallest absolute Gasteiger partial charge is 0.0593 e. The van der Waals surface area contributed by atoms with Crippen molar-refractivity contribution in [1.29, 1.82) is 0 Å². The molecule has 1 aliphatic rings. The fourth-order valence-corrected chi connectivity index (χ4v) is 2.36. The molecule has 1 aliphatic heterocycles. The maximum Gasteiger partial charge on any atom is 0.0593 e. The zero-order valence-electron chi connectivity index (χ0n) is 11.4. The van der Waals surface area contributed by atoms with Gasteiger partial charge < -0.3 is 15.2 Å². The highest BCUT2D eigenvalue weighted by Crippen LogP contribution is 2.20. The Morgan fingerprint density at radius 2 is 2.06 bits per heavy atom. The van der Waals surface area contributed by atoms with Crippen LogP contribution in [0.3, 0.4) is 0 Å². The molecule has 0 aromatic carbocycles. The maximum atomic E-state index is 5.75. The van der Waals surface area contributed by atoms with Crippen molar-refractivity contribution < 1.29 is 9.47 Å². The SMILES string of the molecule is COCCCOCCN1CC(CN)CCC1C. The summed E-state index contributed by atoms with van der Waals surface area (Å²) in [5.41, 5.74) is 5.75. The molecule has 0 radical (unpaired) electrons. The maximum absolute atomic E-state index is 5.75. The van der Waals surface area contributed by atoms with Crippen LogP contribution in [0.25, 0.3) is 0 Å². The lowest BCUT2D eigenvalue weighted by molar-refractivity contribution is 0.0532. The van der Waals surface area contributed by atoms with E-state index in [0.29, 0.717) is 12.0 Å². The molecule has 0 spiro atoms. The summed E-state index contributed by atoms with van der Waals surface area (Å²) in [4.78, 5) is 2.51. The van der Waals surface area contributed by atoms with E-state index in [2.05, 4.69) is 11.8 Å². The molecule has 0 aromatic heterocycles. The Bertz CT molecular complexity index is 190. The molecule has 17 heavy (non-hydrogen) atoms. The van der Waals surface area contributed by atoms with Crippen LogP contribution in [0.15, 0.2) is 0 Å². The molecule has 4 nitrogen and oxygen atoms in total. The van der Waals surface area contributed by atoms with E-state index >= 15 is 0 Å². The molecule has 2 N–H and O–H groups in total. The van der Waals surface area contributed by atoms with Crippen LogP contribution in [0, 0.1) is 5.92 Å². The number of likely N-dealkylation sites (tertiary alicyclic amines) is 1. The third kappa shape index (κ3) is 5.82. The first-order valence-corrected chi connectivity index (χ1v) is 6.78. The van der Waals surface area contributed by atoms with Crippen LogP contribution in [0.1, 0.15) is 26.2 Å². The molecular weight excluding hydrogens is 216 g/mol. The van der Waals surface area contributed by atoms with Crippen molar-refractivity contribution in [3.05, 3.63) is 0 Å². The van der Waals surface area contributed by atoms with E-state index in [1.54, 1.807) is 7.11 Å². The average Bonchev–Trinajstić information content (AvgIpc) is 2.35. The van der Waals surface area contributed by atoms with Crippen molar-refractivity contribution in [1.82, 2.24) is 4.90 Å². The van der Waals surface area contributed by atoms with Gasteiger partial charge >= 0.3 is 0 Å². The summed E-state index contributed by atoms with van der Waals surface area (Å²) in [6.07, 6.45) is 3.53. The Balaban J connectivity index is 2.07. The van der Waals surface area contributed by atoms with Crippen molar-refractivity contribution in [2.75, 3.05) is 46.6 Å². The van der Waals surface area contributed by atoms with Crippen molar-refractivity contribution in [3.8, 4) is 0 Å². The van der Waals surface area contributed by atoms with Crippen LogP contribution in [0.2, 0.25) is 0 Å². The van der Waals surface area contributed by atoms with Crippen molar-refractivity contribution >= 4 is 0 Å². The molecule has 1 rings (SSSR count). The van der Waals surface area contributed by atoms with E-state index in [9.17, 15) is 0 Å². The Labute approximate surface area is 105 Å². The molecule has 0 aromatic rings. The second-order valence-electron chi connectivity index (χ2n) is 4.98. The highest BCUT2D eigenvalue weighted by molar-refractivity contribution is 4.79. The highest BCUT2D eigenvalue weighted by atomic mass is 16.5. The van der Waals surface area contributed by atoms with Gasteiger partial charge in [-0.25, -0.2) is 0 Å².